The monoisotopic (exact) mass is 1140 g/mol. The van der Waals surface area contributed by atoms with Crippen molar-refractivity contribution in [3.05, 3.63) is 368 Å². The highest BCUT2D eigenvalue weighted by molar-refractivity contribution is 7.00. The maximum absolute atomic E-state index is 9.90. The lowest BCUT2D eigenvalue weighted by molar-refractivity contribution is 0.768. The lowest BCUT2D eigenvalue weighted by Crippen LogP contribution is -2.61. The van der Waals surface area contributed by atoms with Crippen LogP contribution in [0.2, 0.25) is 0 Å². The van der Waals surface area contributed by atoms with Gasteiger partial charge in [0.15, 0.2) is 0 Å². The van der Waals surface area contributed by atoms with Gasteiger partial charge in [-0.2, -0.15) is 0 Å². The van der Waals surface area contributed by atoms with Crippen LogP contribution in [0.3, 0.4) is 0 Å². The molecule has 2 nitrogen and oxygen atoms in total. The molecule has 0 atom stereocenters. The van der Waals surface area contributed by atoms with E-state index in [-0.39, 0.29) is 55.9 Å². The van der Waals surface area contributed by atoms with E-state index in [1.165, 1.54) is 0 Å². The molecule has 88 heavy (non-hydrogen) atoms. The van der Waals surface area contributed by atoms with Crippen LogP contribution in [0.25, 0.3) is 77.9 Å². The number of para-hydroxylation sites is 2. The zero-order valence-electron chi connectivity index (χ0n) is 66.8. The SMILES string of the molecule is [2H]c1c([2H])c([2H])c(-c2cccc(-c3c([2H])c([2H])c([2H])c([2H])c3[2H])c2N2c3ccc(-c4ccccc4)cc3B3c4cc(-c5ccccc5)ccc4N(c4c(-c5c([2H])c([2H])c([2H])c([2H])c5[2H])cccc4-c4c([2H])c([2H])c([2H])c([2H])c4[2H])c4cc(C5(c6ccccc6)c6ccccc6-c6ccccc65)cc2c43)c([2H])c1[2H]. The minimum absolute atomic E-state index is 0.00392. The highest BCUT2D eigenvalue weighted by Crippen LogP contribution is 2.60. The van der Waals surface area contributed by atoms with Crippen molar-refractivity contribution in [1.82, 2.24) is 0 Å². The Morgan fingerprint density at radius 1 is 0.261 bits per heavy atom. The first kappa shape index (κ1) is 34.6. The molecule has 2 aliphatic heterocycles. The first-order valence-corrected chi connectivity index (χ1v) is 29.0. The van der Waals surface area contributed by atoms with E-state index in [2.05, 4.69) is 48.5 Å². The van der Waals surface area contributed by atoms with Crippen LogP contribution in [-0.2, 0) is 5.41 Å². The van der Waals surface area contributed by atoms with Crippen molar-refractivity contribution in [2.24, 2.45) is 0 Å². The van der Waals surface area contributed by atoms with Crippen LogP contribution in [0, 0.1) is 0 Å². The average Bonchev–Trinajstić information content (AvgIpc) is 1.28. The number of rotatable bonds is 10. The second kappa shape index (κ2) is 21.1. The predicted molar refractivity (Wildman–Crippen MR) is 370 cm³/mol. The maximum atomic E-state index is 9.90. The standard InChI is InChI=1S/C85H57BN2/c1-8-28-58(29-9-1)64-50-52-78-76(54-64)86-77-55-65(59-30-10-2-11-31-59)51-53-79(77)88(84-70(62-36-16-5-17-37-62)46-27-47-71(84)63-38-18-6-19-39-63)81-57-67(85(66-40-20-7-21-41-66)74-48-24-22-42-72(74)73-43-23-25-49-75(73)85)56-80(82(81)86)87(78)83-68(60-32-12-3-13-33-60)44-26-45-69(83)61-34-14-4-15-35-61/h1-57H/i3D,4D,5D,6D,12D,13D,14D,15D,16D,17D,18D,19D,32D,33D,34D,35D,36D,37D,38D,39D. The van der Waals surface area contributed by atoms with Gasteiger partial charge in [0.05, 0.1) is 44.2 Å². The Morgan fingerprint density at radius 3 is 0.989 bits per heavy atom. The van der Waals surface area contributed by atoms with E-state index in [1.807, 2.05) is 149 Å². The van der Waals surface area contributed by atoms with E-state index in [0.29, 0.717) is 44.7 Å². The number of anilines is 6. The van der Waals surface area contributed by atoms with Crippen LogP contribution in [0.15, 0.2) is 345 Å². The van der Waals surface area contributed by atoms with Crippen molar-refractivity contribution in [3.63, 3.8) is 0 Å². The van der Waals surface area contributed by atoms with Gasteiger partial charge in [-0.3, -0.25) is 0 Å². The summed E-state index contributed by atoms with van der Waals surface area (Å²) in [6.07, 6.45) is 0. The molecule has 0 aromatic heterocycles. The number of nitrogens with zero attached hydrogens (tertiary/aromatic N) is 2. The minimum atomic E-state index is -1.34. The molecule has 0 N–H and O–H groups in total. The van der Waals surface area contributed by atoms with Gasteiger partial charge in [0, 0.05) is 45.0 Å². The summed E-state index contributed by atoms with van der Waals surface area (Å²) in [5.74, 6) is 0. The Hall–Kier alpha value is -11.3. The molecule has 0 radical (unpaired) electrons. The Labute approximate surface area is 543 Å². The fraction of sp³-hybridized carbons (Fsp3) is 0.0118. The van der Waals surface area contributed by atoms with Gasteiger partial charge in [0.1, 0.15) is 0 Å². The topological polar surface area (TPSA) is 6.48 Å². The van der Waals surface area contributed by atoms with E-state index in [9.17, 15) is 21.9 Å². The molecule has 3 aliphatic rings. The van der Waals surface area contributed by atoms with E-state index in [4.69, 9.17) is 5.48 Å². The molecule has 0 spiro atoms. The molecule has 0 amide bonds. The molecule has 17 rings (SSSR count). The van der Waals surface area contributed by atoms with Crippen LogP contribution >= 0.6 is 0 Å². The molecule has 0 bridgehead atoms. The van der Waals surface area contributed by atoms with Crippen LogP contribution in [0.5, 0.6) is 0 Å². The fourth-order valence-electron chi connectivity index (χ4n) is 14.0. The molecule has 0 saturated carbocycles. The highest BCUT2D eigenvalue weighted by atomic mass is 15.2. The summed E-state index contributed by atoms with van der Waals surface area (Å²) < 4.78 is 189. The lowest BCUT2D eigenvalue weighted by Gasteiger charge is -2.47. The summed E-state index contributed by atoms with van der Waals surface area (Å²) >= 11 is 0. The summed E-state index contributed by atoms with van der Waals surface area (Å²) in [7, 11) is 0. The van der Waals surface area contributed by atoms with Gasteiger partial charge in [0.25, 0.3) is 6.71 Å². The van der Waals surface area contributed by atoms with E-state index >= 15 is 0 Å². The molecule has 0 unspecified atom stereocenters. The second-order valence-electron chi connectivity index (χ2n) is 21.9. The van der Waals surface area contributed by atoms with Gasteiger partial charge in [-0.05, 0) is 119 Å². The molecule has 14 aromatic rings. The zero-order valence-corrected chi connectivity index (χ0v) is 46.8. The van der Waals surface area contributed by atoms with Crippen molar-refractivity contribution in [2.45, 2.75) is 5.41 Å². The lowest BCUT2D eigenvalue weighted by atomic mass is 9.33. The molecule has 2 heterocycles. The predicted octanol–water partition coefficient (Wildman–Crippen LogP) is 20.1. The highest BCUT2D eigenvalue weighted by Gasteiger charge is 2.50. The van der Waals surface area contributed by atoms with E-state index in [1.54, 1.807) is 36.4 Å². The van der Waals surface area contributed by atoms with Crippen molar-refractivity contribution in [2.75, 3.05) is 9.80 Å². The van der Waals surface area contributed by atoms with Crippen molar-refractivity contribution in [1.29, 1.82) is 0 Å². The summed E-state index contributed by atoms with van der Waals surface area (Å²) in [5, 5.41) is 0. The van der Waals surface area contributed by atoms with Crippen molar-refractivity contribution >= 4 is 57.2 Å². The van der Waals surface area contributed by atoms with Crippen LogP contribution in [0.4, 0.5) is 34.1 Å². The van der Waals surface area contributed by atoms with Gasteiger partial charge < -0.3 is 9.80 Å². The number of fused-ring (bicyclic) bond motifs is 7. The largest absolute Gasteiger partial charge is 0.310 e. The van der Waals surface area contributed by atoms with Gasteiger partial charge >= 0.3 is 0 Å². The van der Waals surface area contributed by atoms with Gasteiger partial charge in [-0.1, -0.05) is 321 Å². The quantitative estimate of drug-likeness (QED) is 0.126. The van der Waals surface area contributed by atoms with Crippen molar-refractivity contribution < 1.29 is 27.4 Å². The summed E-state index contributed by atoms with van der Waals surface area (Å²) in [6, 6.07) is 57.9. The third-order valence-electron chi connectivity index (χ3n) is 17.5. The van der Waals surface area contributed by atoms with E-state index in [0.717, 1.165) is 50.1 Å². The first-order chi connectivity index (χ1) is 52.0. The average molecular weight is 1140 g/mol. The number of hydrogen-bond acceptors (Lipinski definition) is 2. The second-order valence-corrected chi connectivity index (χ2v) is 21.9. The van der Waals surface area contributed by atoms with E-state index < -0.39 is 133 Å². The Morgan fingerprint density at radius 2 is 0.602 bits per heavy atom. The molecule has 0 saturated heterocycles. The molecular weight excluding hydrogens is 1060 g/mol. The minimum Gasteiger partial charge on any atom is -0.310 e. The van der Waals surface area contributed by atoms with Crippen LogP contribution in [-0.4, -0.2) is 6.71 Å². The first-order valence-electron chi connectivity index (χ1n) is 39.0. The van der Waals surface area contributed by atoms with Gasteiger partial charge in [-0.15, -0.1) is 0 Å². The smallest absolute Gasteiger partial charge is 0.252 e. The summed E-state index contributed by atoms with van der Waals surface area (Å²) in [5.41, 5.74) is 8.68. The normalized spacial score (nSPS) is 16.2. The van der Waals surface area contributed by atoms with Crippen molar-refractivity contribution in [3.8, 4) is 77.9 Å². The van der Waals surface area contributed by atoms with Crippen LogP contribution in [0.1, 0.15) is 49.7 Å². The molecule has 14 aromatic carbocycles. The molecular formula is C85H57BN2. The summed E-state index contributed by atoms with van der Waals surface area (Å²) in [6.45, 7) is -0.918. The Kier molecular flexibility index (Phi) is 8.29. The zero-order chi connectivity index (χ0) is 75.5. The molecule has 3 heteroatoms. The Balaban J connectivity index is 1.16. The Bertz CT molecular complexity index is 5590. The molecule has 0 fully saturated rings. The van der Waals surface area contributed by atoms with Crippen LogP contribution < -0.4 is 26.2 Å². The summed E-state index contributed by atoms with van der Waals surface area (Å²) in [4.78, 5) is 3.78. The molecule has 410 valence electrons. The maximum Gasteiger partial charge on any atom is 0.252 e. The molecule has 1 aliphatic carbocycles. The van der Waals surface area contributed by atoms with Gasteiger partial charge in [-0.25, -0.2) is 0 Å². The number of hydrogen-bond donors (Lipinski definition) is 0. The third kappa shape index (κ3) is 8.05. The fourth-order valence-corrected chi connectivity index (χ4v) is 14.0. The number of benzene rings is 14. The van der Waals surface area contributed by atoms with Gasteiger partial charge in [0.2, 0.25) is 0 Å². The third-order valence-corrected chi connectivity index (χ3v) is 17.5.